The van der Waals surface area contributed by atoms with E-state index >= 15 is 0 Å². The van der Waals surface area contributed by atoms with Crippen molar-refractivity contribution < 1.29 is 0 Å². The Morgan fingerprint density at radius 3 is 1.92 bits per heavy atom. The highest BCUT2D eigenvalue weighted by Crippen LogP contribution is 2.30. The first-order chi connectivity index (χ1) is 12.3. The third kappa shape index (κ3) is 1.83. The van der Waals surface area contributed by atoms with Gasteiger partial charge in [0.1, 0.15) is 0 Å². The highest BCUT2D eigenvalue weighted by molar-refractivity contribution is 5.92. The van der Waals surface area contributed by atoms with Crippen molar-refractivity contribution >= 4 is 21.8 Å². The van der Waals surface area contributed by atoms with Gasteiger partial charge in [-0.25, -0.2) is 9.03 Å². The predicted octanol–water partition coefficient (Wildman–Crippen LogP) is 4.68. The maximum atomic E-state index is 13.2. The van der Waals surface area contributed by atoms with E-state index in [4.69, 9.17) is 0 Å². The Morgan fingerprint density at radius 2 is 1.20 bits per heavy atom. The molecule has 0 aliphatic carbocycles. The van der Waals surface area contributed by atoms with Crippen LogP contribution in [-0.2, 0) is 0 Å². The molecule has 120 valence electrons. The molecule has 0 amide bonds. The third-order valence-corrected chi connectivity index (χ3v) is 4.91. The fraction of sp³-hybridized carbons (Fsp3) is 0.0455. The molecule has 0 saturated carbocycles. The average molecular weight is 324 g/mol. The van der Waals surface area contributed by atoms with Crippen LogP contribution in [0, 0.1) is 6.92 Å². The van der Waals surface area contributed by atoms with Crippen molar-refractivity contribution in [2.75, 3.05) is 0 Å². The zero-order valence-electron chi connectivity index (χ0n) is 13.8. The van der Waals surface area contributed by atoms with E-state index in [1.807, 2.05) is 63.6 Å². The highest BCUT2D eigenvalue weighted by atomic mass is 16.1. The molecule has 5 rings (SSSR count). The smallest absolute Gasteiger partial charge is 0.267 e. The lowest BCUT2D eigenvalue weighted by molar-refractivity contribution is 0.845. The van der Waals surface area contributed by atoms with Gasteiger partial charge in [0.05, 0.1) is 22.1 Å². The fourth-order valence-electron chi connectivity index (χ4n) is 3.79. The summed E-state index contributed by atoms with van der Waals surface area (Å²) in [6, 6.07) is 26.2. The van der Waals surface area contributed by atoms with E-state index in [0.29, 0.717) is 0 Å². The molecule has 2 aromatic heterocycles. The van der Waals surface area contributed by atoms with Gasteiger partial charge >= 0.3 is 0 Å². The Bertz CT molecular complexity index is 1310. The van der Waals surface area contributed by atoms with Gasteiger partial charge in [0.15, 0.2) is 0 Å². The van der Waals surface area contributed by atoms with Crippen LogP contribution in [0.3, 0.4) is 0 Å². The van der Waals surface area contributed by atoms with E-state index in [1.165, 1.54) is 0 Å². The SMILES string of the molecule is Cc1c(-c2ccccc2)n2c(=O)c3ccccc3n2c2ccccc12. The minimum absolute atomic E-state index is 0.0170. The molecular weight excluding hydrogens is 308 g/mol. The molecule has 0 radical (unpaired) electrons. The number of aromatic nitrogens is 2. The van der Waals surface area contributed by atoms with Gasteiger partial charge in [0.25, 0.3) is 5.56 Å². The normalized spacial score (nSPS) is 11.6. The first-order valence-electron chi connectivity index (χ1n) is 8.36. The Morgan fingerprint density at radius 1 is 0.640 bits per heavy atom. The van der Waals surface area contributed by atoms with Gasteiger partial charge < -0.3 is 0 Å². The number of fused-ring (bicyclic) bond motifs is 5. The summed E-state index contributed by atoms with van der Waals surface area (Å²) in [5.74, 6) is 0. The predicted molar refractivity (Wildman–Crippen MR) is 102 cm³/mol. The summed E-state index contributed by atoms with van der Waals surface area (Å²) in [5, 5.41) is 1.89. The minimum Gasteiger partial charge on any atom is -0.267 e. The van der Waals surface area contributed by atoms with Gasteiger partial charge in [-0.15, -0.1) is 0 Å². The number of hydrogen-bond donors (Lipinski definition) is 0. The van der Waals surface area contributed by atoms with Crippen molar-refractivity contribution in [3.8, 4) is 11.3 Å². The Balaban J connectivity index is 2.17. The number of nitrogens with zero attached hydrogens (tertiary/aromatic N) is 2. The van der Waals surface area contributed by atoms with Gasteiger partial charge in [-0.05, 0) is 30.7 Å². The summed E-state index contributed by atoms with van der Waals surface area (Å²) in [4.78, 5) is 13.2. The summed E-state index contributed by atoms with van der Waals surface area (Å²) in [7, 11) is 0. The maximum Gasteiger partial charge on any atom is 0.279 e. The van der Waals surface area contributed by atoms with E-state index in [1.54, 1.807) is 0 Å². The molecule has 0 saturated heterocycles. The molecule has 3 nitrogen and oxygen atoms in total. The van der Waals surface area contributed by atoms with Crippen LogP contribution in [0.4, 0.5) is 0 Å². The molecule has 0 spiro atoms. The molecule has 0 aliphatic heterocycles. The molecule has 0 aliphatic rings. The van der Waals surface area contributed by atoms with Crippen LogP contribution < -0.4 is 5.56 Å². The van der Waals surface area contributed by atoms with E-state index < -0.39 is 0 Å². The second-order valence-electron chi connectivity index (χ2n) is 6.30. The van der Waals surface area contributed by atoms with Gasteiger partial charge in [0.2, 0.25) is 0 Å². The lowest BCUT2D eigenvalue weighted by Crippen LogP contribution is -2.16. The second kappa shape index (κ2) is 5.08. The summed E-state index contributed by atoms with van der Waals surface area (Å²) < 4.78 is 3.86. The first kappa shape index (κ1) is 14.1. The molecule has 0 atom stereocenters. The van der Waals surface area contributed by atoms with Crippen LogP contribution in [0.15, 0.2) is 83.7 Å². The van der Waals surface area contributed by atoms with Crippen LogP contribution in [0.1, 0.15) is 5.56 Å². The van der Waals surface area contributed by atoms with Crippen LogP contribution >= 0.6 is 0 Å². The zero-order chi connectivity index (χ0) is 17.0. The van der Waals surface area contributed by atoms with Crippen LogP contribution in [0.25, 0.3) is 33.1 Å². The van der Waals surface area contributed by atoms with Crippen molar-refractivity contribution in [3.05, 3.63) is 94.8 Å². The summed E-state index contributed by atoms with van der Waals surface area (Å²) in [6.45, 7) is 2.09. The molecule has 0 fully saturated rings. The van der Waals surface area contributed by atoms with E-state index in [2.05, 4.69) is 31.2 Å². The number of hydrogen-bond acceptors (Lipinski definition) is 1. The molecule has 2 heterocycles. The topological polar surface area (TPSA) is 25.9 Å². The lowest BCUT2D eigenvalue weighted by atomic mass is 10.0. The van der Waals surface area contributed by atoms with Crippen molar-refractivity contribution in [2.45, 2.75) is 6.92 Å². The summed E-state index contributed by atoms with van der Waals surface area (Å²) in [5.41, 5.74) is 5.09. The maximum absolute atomic E-state index is 13.2. The van der Waals surface area contributed by atoms with Gasteiger partial charge in [-0.1, -0.05) is 60.7 Å². The number of para-hydroxylation sites is 2. The lowest BCUT2D eigenvalue weighted by Gasteiger charge is -2.15. The van der Waals surface area contributed by atoms with Crippen LogP contribution in [-0.4, -0.2) is 9.03 Å². The monoisotopic (exact) mass is 324 g/mol. The summed E-state index contributed by atoms with van der Waals surface area (Å²) in [6.07, 6.45) is 0. The standard InChI is InChI=1S/C22H16N2O/c1-15-17-11-5-7-13-19(17)23-20-14-8-6-12-18(20)22(25)24(23)21(15)16-9-3-2-4-10-16/h2-14H,1H3. The molecule has 0 unspecified atom stereocenters. The Kier molecular flexibility index (Phi) is 2.86. The molecule has 3 aromatic carbocycles. The number of aryl methyl sites for hydroxylation is 1. The molecule has 3 heteroatoms. The third-order valence-electron chi connectivity index (χ3n) is 4.91. The highest BCUT2D eigenvalue weighted by Gasteiger charge is 2.18. The fourth-order valence-corrected chi connectivity index (χ4v) is 3.79. The van der Waals surface area contributed by atoms with Gasteiger partial charge in [-0.2, -0.15) is 0 Å². The molecular formula is C22H16N2O. The van der Waals surface area contributed by atoms with Gasteiger partial charge in [0, 0.05) is 10.9 Å². The summed E-state index contributed by atoms with van der Waals surface area (Å²) >= 11 is 0. The second-order valence-corrected chi connectivity index (χ2v) is 6.30. The van der Waals surface area contributed by atoms with Crippen molar-refractivity contribution in [1.29, 1.82) is 0 Å². The van der Waals surface area contributed by atoms with Crippen molar-refractivity contribution in [3.63, 3.8) is 0 Å². The van der Waals surface area contributed by atoms with Crippen molar-refractivity contribution in [1.82, 2.24) is 9.03 Å². The Hall–Kier alpha value is -3.33. The number of benzene rings is 3. The zero-order valence-corrected chi connectivity index (χ0v) is 13.8. The molecule has 5 aromatic rings. The first-order valence-corrected chi connectivity index (χ1v) is 8.36. The van der Waals surface area contributed by atoms with Crippen LogP contribution in [0.5, 0.6) is 0 Å². The molecule has 25 heavy (non-hydrogen) atoms. The van der Waals surface area contributed by atoms with Crippen LogP contribution in [0.2, 0.25) is 0 Å². The van der Waals surface area contributed by atoms with Gasteiger partial charge in [-0.3, -0.25) is 4.79 Å². The van der Waals surface area contributed by atoms with E-state index in [0.717, 1.165) is 38.6 Å². The van der Waals surface area contributed by atoms with Crippen molar-refractivity contribution in [2.24, 2.45) is 0 Å². The minimum atomic E-state index is 0.0170. The molecule has 0 bridgehead atoms. The quantitative estimate of drug-likeness (QED) is 0.439. The average Bonchev–Trinajstić information content (AvgIpc) is 2.96. The van der Waals surface area contributed by atoms with E-state index in [9.17, 15) is 4.79 Å². The largest absolute Gasteiger partial charge is 0.279 e. The Labute approximate surface area is 144 Å². The number of rotatable bonds is 1. The molecule has 0 N–H and O–H groups in total. The van der Waals surface area contributed by atoms with E-state index in [-0.39, 0.29) is 5.56 Å².